The highest BCUT2D eigenvalue weighted by Crippen LogP contribution is 2.39. The molecule has 0 bridgehead atoms. The van der Waals surface area contributed by atoms with Crippen LogP contribution in [0.15, 0.2) is 24.3 Å². The number of benzene rings is 1. The maximum atomic E-state index is 11.0. The van der Waals surface area contributed by atoms with E-state index >= 15 is 0 Å². The molecule has 0 heterocycles. The van der Waals surface area contributed by atoms with Crippen LogP contribution in [0, 0.1) is 0 Å². The molecular formula is C11H13NO2. The second kappa shape index (κ2) is 3.10. The Morgan fingerprint density at radius 3 is 2.50 bits per heavy atom. The summed E-state index contributed by atoms with van der Waals surface area (Å²) < 4.78 is 0. The van der Waals surface area contributed by atoms with Crippen LogP contribution < -0.4 is 5.73 Å². The lowest BCUT2D eigenvalue weighted by molar-refractivity contribution is 0.0691. The summed E-state index contributed by atoms with van der Waals surface area (Å²) >= 11 is 0. The minimum atomic E-state index is -0.891. The predicted octanol–water partition coefficient (Wildman–Crippen LogP) is 1.72. The third kappa shape index (κ3) is 1.30. The second-order valence-electron chi connectivity index (χ2n) is 3.86. The van der Waals surface area contributed by atoms with Crippen molar-refractivity contribution in [2.75, 3.05) is 0 Å². The number of carboxylic acids is 1. The van der Waals surface area contributed by atoms with Gasteiger partial charge in [-0.25, -0.2) is 4.79 Å². The van der Waals surface area contributed by atoms with E-state index in [0.717, 1.165) is 24.8 Å². The smallest absolute Gasteiger partial charge is 0.336 e. The van der Waals surface area contributed by atoms with E-state index in [1.165, 1.54) is 0 Å². The summed E-state index contributed by atoms with van der Waals surface area (Å²) in [7, 11) is 0. The predicted molar refractivity (Wildman–Crippen MR) is 53.1 cm³/mol. The van der Waals surface area contributed by atoms with E-state index in [-0.39, 0.29) is 0 Å². The number of rotatable bonds is 2. The first-order valence-electron chi connectivity index (χ1n) is 4.75. The second-order valence-corrected chi connectivity index (χ2v) is 3.86. The number of hydrogen-bond donors (Lipinski definition) is 2. The summed E-state index contributed by atoms with van der Waals surface area (Å²) in [5, 5.41) is 8.99. The molecule has 14 heavy (non-hydrogen) atoms. The Kier molecular flexibility index (Phi) is 2.04. The normalized spacial score (nSPS) is 18.6. The van der Waals surface area contributed by atoms with Crippen molar-refractivity contribution in [3.63, 3.8) is 0 Å². The fourth-order valence-electron chi connectivity index (χ4n) is 1.93. The molecule has 3 heteroatoms. The highest BCUT2D eigenvalue weighted by molar-refractivity contribution is 5.89. The van der Waals surface area contributed by atoms with Gasteiger partial charge in [0.1, 0.15) is 0 Å². The molecule has 0 aromatic heterocycles. The Morgan fingerprint density at radius 1 is 1.36 bits per heavy atom. The topological polar surface area (TPSA) is 63.3 Å². The van der Waals surface area contributed by atoms with Crippen LogP contribution in [-0.2, 0) is 5.54 Å². The quantitative estimate of drug-likeness (QED) is 0.748. The van der Waals surface area contributed by atoms with Crippen molar-refractivity contribution >= 4 is 5.97 Å². The van der Waals surface area contributed by atoms with Gasteiger partial charge in [-0.1, -0.05) is 18.2 Å². The zero-order chi connectivity index (χ0) is 10.2. The van der Waals surface area contributed by atoms with Gasteiger partial charge in [0.2, 0.25) is 0 Å². The molecule has 2 rings (SSSR count). The molecule has 1 aromatic rings. The van der Waals surface area contributed by atoms with Crippen LogP contribution in [0.25, 0.3) is 0 Å². The average Bonchev–Trinajstić information content (AvgIpc) is 2.14. The van der Waals surface area contributed by atoms with E-state index in [0.29, 0.717) is 5.56 Å². The van der Waals surface area contributed by atoms with Crippen molar-refractivity contribution in [3.05, 3.63) is 35.4 Å². The van der Waals surface area contributed by atoms with Crippen LogP contribution in [0.3, 0.4) is 0 Å². The van der Waals surface area contributed by atoms with Crippen molar-refractivity contribution in [1.29, 1.82) is 0 Å². The molecule has 1 aromatic carbocycles. The number of aromatic carboxylic acids is 1. The average molecular weight is 191 g/mol. The first-order chi connectivity index (χ1) is 6.63. The van der Waals surface area contributed by atoms with Crippen molar-refractivity contribution in [2.45, 2.75) is 24.8 Å². The van der Waals surface area contributed by atoms with Gasteiger partial charge in [-0.05, 0) is 30.9 Å². The minimum absolute atomic E-state index is 0.342. The lowest BCUT2D eigenvalue weighted by Gasteiger charge is -2.39. The van der Waals surface area contributed by atoms with E-state index in [1.54, 1.807) is 12.1 Å². The molecule has 0 aliphatic heterocycles. The van der Waals surface area contributed by atoms with Gasteiger partial charge in [0.05, 0.1) is 5.56 Å². The van der Waals surface area contributed by atoms with Crippen LogP contribution in [0.1, 0.15) is 35.2 Å². The van der Waals surface area contributed by atoms with Gasteiger partial charge in [0.25, 0.3) is 0 Å². The Bertz CT molecular complexity index is 369. The highest BCUT2D eigenvalue weighted by Gasteiger charge is 2.36. The van der Waals surface area contributed by atoms with Gasteiger partial charge in [0.15, 0.2) is 0 Å². The van der Waals surface area contributed by atoms with E-state index in [1.807, 2.05) is 12.1 Å². The lowest BCUT2D eigenvalue weighted by atomic mass is 9.71. The summed E-state index contributed by atoms with van der Waals surface area (Å²) in [6.07, 6.45) is 2.86. The molecule has 1 aliphatic carbocycles. The van der Waals surface area contributed by atoms with Crippen LogP contribution in [-0.4, -0.2) is 11.1 Å². The van der Waals surface area contributed by atoms with Crippen LogP contribution in [0.5, 0.6) is 0 Å². The van der Waals surface area contributed by atoms with Crippen molar-refractivity contribution < 1.29 is 9.90 Å². The standard InChI is InChI=1S/C11H13NO2/c12-11(6-3-7-11)9-5-2-1-4-8(9)10(13)14/h1-2,4-5H,3,6-7,12H2,(H,13,14). The Balaban J connectivity index is 2.46. The van der Waals surface area contributed by atoms with Crippen LogP contribution >= 0.6 is 0 Å². The number of carbonyl (C=O) groups is 1. The van der Waals surface area contributed by atoms with Gasteiger partial charge >= 0.3 is 5.97 Å². The summed E-state index contributed by atoms with van der Waals surface area (Å²) in [6, 6.07) is 7.01. The fraction of sp³-hybridized carbons (Fsp3) is 0.364. The van der Waals surface area contributed by atoms with E-state index < -0.39 is 11.5 Å². The minimum Gasteiger partial charge on any atom is -0.478 e. The van der Waals surface area contributed by atoms with Gasteiger partial charge in [-0.2, -0.15) is 0 Å². The van der Waals surface area contributed by atoms with Gasteiger partial charge < -0.3 is 10.8 Å². The molecule has 1 fully saturated rings. The zero-order valence-corrected chi connectivity index (χ0v) is 7.86. The summed E-state index contributed by atoms with van der Waals surface area (Å²) in [5.74, 6) is -0.891. The van der Waals surface area contributed by atoms with Crippen LogP contribution in [0.4, 0.5) is 0 Å². The number of hydrogen-bond acceptors (Lipinski definition) is 2. The Hall–Kier alpha value is -1.35. The molecule has 1 saturated carbocycles. The molecule has 0 unspecified atom stereocenters. The SMILES string of the molecule is NC1(c2ccccc2C(=O)O)CCC1. The summed E-state index contributed by atoms with van der Waals surface area (Å²) in [5.41, 5.74) is 6.82. The Morgan fingerprint density at radius 2 is 2.00 bits per heavy atom. The Labute approximate surface area is 82.5 Å². The summed E-state index contributed by atoms with van der Waals surface area (Å²) in [6.45, 7) is 0. The number of nitrogens with two attached hydrogens (primary N) is 1. The molecular weight excluding hydrogens is 178 g/mol. The lowest BCUT2D eigenvalue weighted by Crippen LogP contribution is -2.44. The molecule has 0 radical (unpaired) electrons. The van der Waals surface area contributed by atoms with Gasteiger partial charge in [-0.3, -0.25) is 0 Å². The van der Waals surface area contributed by atoms with Crippen molar-refractivity contribution in [2.24, 2.45) is 5.73 Å². The van der Waals surface area contributed by atoms with E-state index in [2.05, 4.69) is 0 Å². The van der Waals surface area contributed by atoms with Crippen molar-refractivity contribution in [3.8, 4) is 0 Å². The summed E-state index contributed by atoms with van der Waals surface area (Å²) in [4.78, 5) is 11.0. The number of carboxylic acid groups (broad SMARTS) is 1. The van der Waals surface area contributed by atoms with Gasteiger partial charge in [0, 0.05) is 5.54 Å². The first-order valence-corrected chi connectivity index (χ1v) is 4.75. The molecule has 0 spiro atoms. The van der Waals surface area contributed by atoms with Gasteiger partial charge in [-0.15, -0.1) is 0 Å². The first kappa shape index (κ1) is 9.21. The highest BCUT2D eigenvalue weighted by atomic mass is 16.4. The monoisotopic (exact) mass is 191 g/mol. The van der Waals surface area contributed by atoms with Crippen molar-refractivity contribution in [1.82, 2.24) is 0 Å². The molecule has 1 aliphatic rings. The molecule has 3 N–H and O–H groups in total. The molecule has 0 atom stereocenters. The maximum absolute atomic E-state index is 11.0. The zero-order valence-electron chi connectivity index (χ0n) is 7.86. The largest absolute Gasteiger partial charge is 0.478 e. The van der Waals surface area contributed by atoms with E-state index in [4.69, 9.17) is 10.8 Å². The molecule has 74 valence electrons. The van der Waals surface area contributed by atoms with Crippen LogP contribution in [0.2, 0.25) is 0 Å². The molecule has 0 saturated heterocycles. The molecule has 0 amide bonds. The van der Waals surface area contributed by atoms with E-state index in [9.17, 15) is 4.79 Å². The fourth-order valence-corrected chi connectivity index (χ4v) is 1.93. The third-order valence-corrected chi connectivity index (χ3v) is 2.94. The maximum Gasteiger partial charge on any atom is 0.336 e. The molecule has 3 nitrogen and oxygen atoms in total. The third-order valence-electron chi connectivity index (χ3n) is 2.94.